The normalized spacial score (nSPS) is 16.8. The number of carbonyl (C=O) groups is 3. The fourth-order valence-electron chi connectivity index (χ4n) is 4.98. The minimum Gasteiger partial charge on any atom is -0.457 e. The molecule has 0 aliphatic carbocycles. The fourth-order valence-corrected chi connectivity index (χ4v) is 6.63. The molecule has 1 atom stereocenters. The van der Waals surface area contributed by atoms with Gasteiger partial charge in [0, 0.05) is 34.1 Å². The Morgan fingerprint density at radius 2 is 1.86 bits per heavy atom. The quantitative estimate of drug-likeness (QED) is 0.115. The molecule has 1 unspecified atom stereocenters. The Bertz CT molecular complexity index is 1590. The van der Waals surface area contributed by atoms with E-state index < -0.39 is 23.8 Å². The molecule has 0 saturated heterocycles. The fraction of sp³-hybridized carbons (Fsp3) is 0.414. The minimum atomic E-state index is -1.82. The predicted molar refractivity (Wildman–Crippen MR) is 159 cm³/mol. The van der Waals surface area contributed by atoms with Gasteiger partial charge in [-0.2, -0.15) is 0 Å². The van der Waals surface area contributed by atoms with Gasteiger partial charge in [0.15, 0.2) is 0 Å². The average Bonchev–Trinajstić information content (AvgIpc) is 3.32. The number of nitrogens with zero attached hydrogens (tertiary/aromatic N) is 2. The van der Waals surface area contributed by atoms with Crippen molar-refractivity contribution < 1.29 is 33.3 Å². The van der Waals surface area contributed by atoms with Crippen LogP contribution in [0.15, 0.2) is 41.2 Å². The lowest BCUT2D eigenvalue weighted by Gasteiger charge is -2.35. The molecule has 1 N–H and O–H groups in total. The van der Waals surface area contributed by atoms with Crippen LogP contribution in [0.25, 0.3) is 22.3 Å². The van der Waals surface area contributed by atoms with E-state index in [2.05, 4.69) is 5.32 Å². The first-order valence-electron chi connectivity index (χ1n) is 13.6. The van der Waals surface area contributed by atoms with Gasteiger partial charge in [0.1, 0.15) is 19.8 Å². The zero-order valence-electron chi connectivity index (χ0n) is 23.5. The number of nitrogens with one attached hydrogen (secondary N) is 1. The molecule has 222 valence electrons. The third-order valence-corrected chi connectivity index (χ3v) is 9.25. The Balaban J connectivity index is 1.26. The van der Waals surface area contributed by atoms with Crippen LogP contribution in [-0.4, -0.2) is 58.5 Å². The highest BCUT2D eigenvalue weighted by Gasteiger charge is 2.51. The lowest BCUT2D eigenvalue weighted by Crippen LogP contribution is -2.47. The summed E-state index contributed by atoms with van der Waals surface area (Å²) < 4.78 is 23.0. The maximum Gasteiger partial charge on any atom is 0.509 e. The Labute approximate surface area is 250 Å². The molecular formula is C29H31N3O8S2. The predicted octanol–water partition coefficient (Wildman–Crippen LogP) is 4.76. The molecule has 0 fully saturated rings. The molecular weight excluding hydrogens is 582 g/mol. The highest BCUT2D eigenvalue weighted by molar-refractivity contribution is 8.76. The average molecular weight is 614 g/mol. The van der Waals surface area contributed by atoms with E-state index in [-0.39, 0.29) is 43.4 Å². The number of fused-ring (bicyclic) bond motifs is 5. The van der Waals surface area contributed by atoms with Crippen molar-refractivity contribution >= 4 is 50.7 Å². The first kappa shape index (κ1) is 29.8. The van der Waals surface area contributed by atoms with E-state index in [9.17, 15) is 19.2 Å². The van der Waals surface area contributed by atoms with Gasteiger partial charge >= 0.3 is 18.2 Å². The Morgan fingerprint density at radius 1 is 1.12 bits per heavy atom. The van der Waals surface area contributed by atoms with E-state index >= 15 is 0 Å². The van der Waals surface area contributed by atoms with Crippen LogP contribution in [-0.2, 0) is 42.5 Å². The first-order chi connectivity index (χ1) is 20.2. The molecule has 2 aromatic heterocycles. The van der Waals surface area contributed by atoms with Crippen molar-refractivity contribution in [2.24, 2.45) is 0 Å². The van der Waals surface area contributed by atoms with Crippen molar-refractivity contribution in [3.05, 3.63) is 63.4 Å². The molecule has 3 aromatic rings. The maximum absolute atomic E-state index is 13.6. The van der Waals surface area contributed by atoms with Gasteiger partial charge in [-0.25, -0.2) is 19.4 Å². The summed E-state index contributed by atoms with van der Waals surface area (Å²) in [6, 6.07) is 11.4. The number of pyridine rings is 2. The zero-order valence-corrected chi connectivity index (χ0v) is 25.1. The van der Waals surface area contributed by atoms with E-state index in [0.717, 1.165) is 16.5 Å². The van der Waals surface area contributed by atoms with Crippen LogP contribution in [0.2, 0.25) is 0 Å². The van der Waals surface area contributed by atoms with Crippen molar-refractivity contribution in [1.82, 2.24) is 14.9 Å². The number of cyclic esters (lactones) is 1. The standard InChI is InChI=1S/C29H31N3O8S2/c1-4-29(40-28(36)38-10-12-42-41-11-9-37-27(35)30-17(2)3)21-14-23-24-19(13-18-7-5-6-8-22(18)31-24)15-32(23)25(33)20(21)16-39-26(29)34/h5-8,13-14,17H,4,9-12,15-16H2,1-3H3,(H,30,35). The van der Waals surface area contributed by atoms with Gasteiger partial charge < -0.3 is 28.8 Å². The van der Waals surface area contributed by atoms with E-state index in [1.165, 1.54) is 21.6 Å². The first-order valence-corrected chi connectivity index (χ1v) is 16.1. The van der Waals surface area contributed by atoms with Crippen molar-refractivity contribution in [2.45, 2.75) is 52.0 Å². The minimum absolute atomic E-state index is 0.00347. The van der Waals surface area contributed by atoms with Gasteiger partial charge in [0.05, 0.1) is 29.0 Å². The number of benzene rings is 1. The zero-order chi connectivity index (χ0) is 29.9. The van der Waals surface area contributed by atoms with Crippen LogP contribution in [0.1, 0.15) is 43.9 Å². The molecule has 0 spiro atoms. The number of ether oxygens (including phenoxy) is 4. The van der Waals surface area contributed by atoms with Crippen LogP contribution < -0.4 is 10.9 Å². The second kappa shape index (κ2) is 12.7. The summed E-state index contributed by atoms with van der Waals surface area (Å²) in [5.41, 5.74) is 1.31. The SMILES string of the molecule is CCC1(OC(=O)OCCSSCCOC(=O)NC(C)C)C(=O)OCc2c1cc1n(c2=O)Cc2cc3ccccc3nc2-1. The number of hydrogen-bond donors (Lipinski definition) is 1. The molecule has 11 nitrogen and oxygen atoms in total. The summed E-state index contributed by atoms with van der Waals surface area (Å²) in [6.07, 6.45) is -1.45. The summed E-state index contributed by atoms with van der Waals surface area (Å²) in [4.78, 5) is 55.8. The van der Waals surface area contributed by atoms with Gasteiger partial charge in [0.2, 0.25) is 5.60 Å². The second-order valence-corrected chi connectivity index (χ2v) is 12.7. The largest absolute Gasteiger partial charge is 0.509 e. The smallest absolute Gasteiger partial charge is 0.457 e. The molecule has 5 rings (SSSR count). The molecule has 4 heterocycles. The van der Waals surface area contributed by atoms with Gasteiger partial charge in [-0.15, -0.1) is 0 Å². The number of rotatable bonds is 10. The molecule has 13 heteroatoms. The highest BCUT2D eigenvalue weighted by Crippen LogP contribution is 2.41. The van der Waals surface area contributed by atoms with Gasteiger partial charge in [0.25, 0.3) is 5.56 Å². The topological polar surface area (TPSA) is 135 Å². The number of carbonyl (C=O) groups excluding carboxylic acids is 3. The van der Waals surface area contributed by atoms with Crippen LogP contribution in [0, 0.1) is 0 Å². The highest BCUT2D eigenvalue weighted by atomic mass is 33.1. The van der Waals surface area contributed by atoms with Crippen LogP contribution in [0.5, 0.6) is 0 Å². The van der Waals surface area contributed by atoms with Crippen LogP contribution >= 0.6 is 21.6 Å². The second-order valence-electron chi connectivity index (χ2n) is 10.0. The molecule has 2 aliphatic rings. The van der Waals surface area contributed by atoms with Gasteiger partial charge in [-0.1, -0.05) is 46.7 Å². The molecule has 2 aliphatic heterocycles. The van der Waals surface area contributed by atoms with Gasteiger partial charge in [-0.05, 0) is 38.5 Å². The van der Waals surface area contributed by atoms with Crippen LogP contribution in [0.4, 0.5) is 9.59 Å². The number of para-hydroxylation sites is 1. The lowest BCUT2D eigenvalue weighted by molar-refractivity contribution is -0.175. The lowest BCUT2D eigenvalue weighted by atomic mass is 9.85. The Hall–Kier alpha value is -3.71. The molecule has 0 radical (unpaired) electrons. The van der Waals surface area contributed by atoms with E-state index in [0.29, 0.717) is 35.0 Å². The van der Waals surface area contributed by atoms with E-state index in [1.807, 2.05) is 44.2 Å². The Morgan fingerprint density at radius 3 is 2.60 bits per heavy atom. The molecule has 0 bridgehead atoms. The monoisotopic (exact) mass is 613 g/mol. The number of esters is 1. The van der Waals surface area contributed by atoms with Crippen molar-refractivity contribution in [2.75, 3.05) is 24.7 Å². The molecule has 42 heavy (non-hydrogen) atoms. The number of hydrogen-bond acceptors (Lipinski definition) is 11. The summed E-state index contributed by atoms with van der Waals surface area (Å²) in [5, 5.41) is 3.61. The summed E-state index contributed by atoms with van der Waals surface area (Å²) in [6.45, 7) is 5.79. The van der Waals surface area contributed by atoms with Crippen molar-refractivity contribution in [3.63, 3.8) is 0 Å². The number of aromatic nitrogens is 2. The third-order valence-electron chi connectivity index (χ3n) is 6.92. The molecule has 0 saturated carbocycles. The number of amides is 1. The summed E-state index contributed by atoms with van der Waals surface area (Å²) in [5.74, 6) is 0.258. The van der Waals surface area contributed by atoms with Gasteiger partial charge in [-0.3, -0.25) is 4.79 Å². The van der Waals surface area contributed by atoms with E-state index in [1.54, 1.807) is 17.6 Å². The Kier molecular flexibility index (Phi) is 8.97. The molecule has 1 aromatic carbocycles. The van der Waals surface area contributed by atoms with E-state index in [4.69, 9.17) is 23.9 Å². The third kappa shape index (κ3) is 5.93. The summed E-state index contributed by atoms with van der Waals surface area (Å²) >= 11 is 0. The number of alkyl carbamates (subject to hydrolysis) is 1. The maximum atomic E-state index is 13.6. The van der Waals surface area contributed by atoms with Crippen LogP contribution in [0.3, 0.4) is 0 Å². The van der Waals surface area contributed by atoms with Crippen molar-refractivity contribution in [3.8, 4) is 11.4 Å². The molecule has 1 amide bonds. The van der Waals surface area contributed by atoms with Crippen molar-refractivity contribution in [1.29, 1.82) is 0 Å². The summed E-state index contributed by atoms with van der Waals surface area (Å²) in [7, 11) is 2.91.